The van der Waals surface area contributed by atoms with Crippen LogP contribution in [-0.4, -0.2) is 59.4 Å². The minimum atomic E-state index is -1.14. The Morgan fingerprint density at radius 2 is 1.79 bits per heavy atom. The summed E-state index contributed by atoms with van der Waals surface area (Å²) >= 11 is 1.61. The second-order valence-corrected chi connectivity index (χ2v) is 9.08. The number of carbonyl (C=O) groups is 3. The van der Waals surface area contributed by atoms with Crippen molar-refractivity contribution in [2.24, 2.45) is 5.41 Å². The Kier molecular flexibility index (Phi) is 5.93. The fourth-order valence-corrected chi connectivity index (χ4v) is 4.77. The number of amides is 2. The zero-order chi connectivity index (χ0) is 20.4. The fourth-order valence-electron chi connectivity index (χ4n) is 4.14. The van der Waals surface area contributed by atoms with Crippen LogP contribution in [0.1, 0.15) is 45.6 Å². The number of ether oxygens (including phenoxy) is 1. The van der Waals surface area contributed by atoms with E-state index < -0.39 is 11.6 Å². The van der Waals surface area contributed by atoms with Crippen molar-refractivity contribution in [3.8, 4) is 0 Å². The monoisotopic (exact) mass is 404 g/mol. The van der Waals surface area contributed by atoms with E-state index in [2.05, 4.69) is 0 Å². The van der Waals surface area contributed by atoms with E-state index in [9.17, 15) is 14.4 Å². The van der Waals surface area contributed by atoms with Crippen molar-refractivity contribution in [2.45, 2.75) is 45.6 Å². The average molecular weight is 405 g/mol. The summed E-state index contributed by atoms with van der Waals surface area (Å²) in [4.78, 5) is 40.2. The molecule has 0 aromatic carbocycles. The molecule has 1 spiro atoms. The number of piperidine rings is 1. The lowest BCUT2D eigenvalue weighted by Gasteiger charge is -2.39. The Morgan fingerprint density at radius 1 is 1.14 bits per heavy atom. The molecule has 28 heavy (non-hydrogen) atoms. The fraction of sp³-hybridized carbons (Fsp3) is 0.571. The van der Waals surface area contributed by atoms with E-state index in [4.69, 9.17) is 4.74 Å². The van der Waals surface area contributed by atoms with Gasteiger partial charge < -0.3 is 14.5 Å². The van der Waals surface area contributed by atoms with Gasteiger partial charge in [-0.1, -0.05) is 0 Å². The minimum absolute atomic E-state index is 0.0444. The van der Waals surface area contributed by atoms with E-state index in [1.54, 1.807) is 31.3 Å². The van der Waals surface area contributed by atoms with Gasteiger partial charge in [-0.3, -0.25) is 14.4 Å². The third-order valence-corrected chi connectivity index (χ3v) is 6.44. The maximum atomic E-state index is 12.8. The molecule has 2 aliphatic rings. The van der Waals surface area contributed by atoms with Crippen molar-refractivity contribution >= 4 is 35.2 Å². The van der Waals surface area contributed by atoms with Gasteiger partial charge in [-0.05, 0) is 67.0 Å². The number of esters is 1. The Labute approximate surface area is 170 Å². The van der Waals surface area contributed by atoms with Gasteiger partial charge in [-0.15, -0.1) is 0 Å². The number of nitrogens with zero attached hydrogens (tertiary/aromatic N) is 2. The van der Waals surface area contributed by atoms with Crippen LogP contribution in [0, 0.1) is 5.41 Å². The lowest BCUT2D eigenvalue weighted by Crippen LogP contribution is -2.49. The van der Waals surface area contributed by atoms with Crippen LogP contribution in [0.4, 0.5) is 0 Å². The molecule has 0 atom stereocenters. The standard InChI is InChI=1S/C21H28N2O4S/c1-16(24)27-20(2,3)19(26)23-12-9-21(15-23)7-10-22(11-8-21)18(25)5-4-17-6-13-28-14-17/h4-6,13-14H,7-12,15H2,1-3H3. The first-order valence-electron chi connectivity index (χ1n) is 9.69. The molecule has 2 fully saturated rings. The molecular weight excluding hydrogens is 376 g/mol. The number of carbonyl (C=O) groups excluding carboxylic acids is 3. The van der Waals surface area contributed by atoms with Crippen LogP contribution in [0.3, 0.4) is 0 Å². The van der Waals surface area contributed by atoms with Crippen LogP contribution >= 0.6 is 11.3 Å². The van der Waals surface area contributed by atoms with Gasteiger partial charge in [-0.2, -0.15) is 11.3 Å². The molecule has 2 amide bonds. The Hall–Kier alpha value is -2.15. The summed E-state index contributed by atoms with van der Waals surface area (Å²) in [5.41, 5.74) is -0.0248. The molecule has 1 aromatic rings. The molecule has 1 aromatic heterocycles. The van der Waals surface area contributed by atoms with Gasteiger partial charge in [0.25, 0.3) is 5.91 Å². The van der Waals surface area contributed by atoms with Gasteiger partial charge in [0.15, 0.2) is 5.60 Å². The van der Waals surface area contributed by atoms with Gasteiger partial charge in [-0.25, -0.2) is 0 Å². The molecule has 0 bridgehead atoms. The zero-order valence-electron chi connectivity index (χ0n) is 16.8. The van der Waals surface area contributed by atoms with Crippen molar-refractivity contribution in [1.82, 2.24) is 9.80 Å². The van der Waals surface area contributed by atoms with Crippen LogP contribution in [-0.2, 0) is 19.1 Å². The highest BCUT2D eigenvalue weighted by atomic mass is 32.1. The maximum Gasteiger partial charge on any atom is 0.303 e. The summed E-state index contributed by atoms with van der Waals surface area (Å²) in [5.74, 6) is -0.547. The zero-order valence-corrected chi connectivity index (χ0v) is 17.6. The van der Waals surface area contributed by atoms with Crippen LogP contribution in [0.15, 0.2) is 22.9 Å². The average Bonchev–Trinajstić information content (AvgIpc) is 3.29. The lowest BCUT2D eigenvalue weighted by atomic mass is 9.77. The second-order valence-electron chi connectivity index (χ2n) is 8.30. The van der Waals surface area contributed by atoms with Crippen LogP contribution in [0.5, 0.6) is 0 Å². The molecule has 2 aliphatic heterocycles. The molecule has 3 heterocycles. The van der Waals surface area contributed by atoms with Gasteiger partial charge in [0, 0.05) is 39.2 Å². The highest BCUT2D eigenvalue weighted by molar-refractivity contribution is 7.08. The Balaban J connectivity index is 1.54. The van der Waals surface area contributed by atoms with E-state index >= 15 is 0 Å². The third kappa shape index (κ3) is 4.63. The predicted octanol–water partition coefficient (Wildman–Crippen LogP) is 2.94. The first-order chi connectivity index (χ1) is 13.2. The molecule has 0 radical (unpaired) electrons. The summed E-state index contributed by atoms with van der Waals surface area (Å²) in [5, 5.41) is 4.00. The second kappa shape index (κ2) is 8.07. The Bertz CT molecular complexity index is 761. The molecule has 152 valence electrons. The van der Waals surface area contributed by atoms with Crippen LogP contribution in [0.2, 0.25) is 0 Å². The number of thiophene rings is 1. The topological polar surface area (TPSA) is 66.9 Å². The number of rotatable bonds is 4. The summed E-state index contributed by atoms with van der Waals surface area (Å²) in [6, 6.07) is 1.99. The summed E-state index contributed by atoms with van der Waals surface area (Å²) in [6.07, 6.45) is 6.22. The van der Waals surface area contributed by atoms with Crippen LogP contribution < -0.4 is 0 Å². The van der Waals surface area contributed by atoms with E-state index in [0.29, 0.717) is 26.2 Å². The molecule has 0 saturated carbocycles. The Morgan fingerprint density at radius 3 is 2.36 bits per heavy atom. The van der Waals surface area contributed by atoms with Gasteiger partial charge in [0.05, 0.1) is 0 Å². The predicted molar refractivity (Wildman–Crippen MR) is 109 cm³/mol. The van der Waals surface area contributed by atoms with Crippen molar-refractivity contribution in [3.63, 3.8) is 0 Å². The smallest absolute Gasteiger partial charge is 0.303 e. The van der Waals surface area contributed by atoms with Crippen molar-refractivity contribution in [1.29, 1.82) is 0 Å². The molecule has 6 nitrogen and oxygen atoms in total. The van der Waals surface area contributed by atoms with Crippen LogP contribution in [0.25, 0.3) is 6.08 Å². The van der Waals surface area contributed by atoms with E-state index in [1.165, 1.54) is 6.92 Å². The number of hydrogen-bond donors (Lipinski definition) is 0. The minimum Gasteiger partial charge on any atom is -0.450 e. The van der Waals surface area contributed by atoms with Crippen molar-refractivity contribution in [2.75, 3.05) is 26.2 Å². The van der Waals surface area contributed by atoms with Crippen molar-refractivity contribution in [3.05, 3.63) is 28.5 Å². The molecule has 0 aliphatic carbocycles. The largest absolute Gasteiger partial charge is 0.450 e. The van der Waals surface area contributed by atoms with E-state index in [-0.39, 0.29) is 17.2 Å². The highest BCUT2D eigenvalue weighted by Crippen LogP contribution is 2.41. The molecule has 0 unspecified atom stereocenters. The molecular formula is C21H28N2O4S. The van der Waals surface area contributed by atoms with Crippen molar-refractivity contribution < 1.29 is 19.1 Å². The molecule has 2 saturated heterocycles. The SMILES string of the molecule is CC(=O)OC(C)(C)C(=O)N1CCC2(CCN(C(=O)C=Cc3ccsc3)CC2)C1. The normalized spacial score (nSPS) is 19.4. The lowest BCUT2D eigenvalue weighted by molar-refractivity contribution is -0.168. The maximum absolute atomic E-state index is 12.8. The summed E-state index contributed by atoms with van der Waals surface area (Å²) in [7, 11) is 0. The first-order valence-corrected chi connectivity index (χ1v) is 10.6. The van der Waals surface area contributed by atoms with Gasteiger partial charge in [0.1, 0.15) is 0 Å². The number of likely N-dealkylation sites (tertiary alicyclic amines) is 2. The summed E-state index contributed by atoms with van der Waals surface area (Å²) < 4.78 is 5.20. The first kappa shape index (κ1) is 20.6. The third-order valence-electron chi connectivity index (χ3n) is 5.74. The van der Waals surface area contributed by atoms with E-state index in [1.807, 2.05) is 32.7 Å². The number of hydrogen-bond acceptors (Lipinski definition) is 5. The molecule has 3 rings (SSSR count). The van der Waals surface area contributed by atoms with E-state index in [0.717, 1.165) is 24.8 Å². The van der Waals surface area contributed by atoms with Gasteiger partial charge in [0.2, 0.25) is 5.91 Å². The summed E-state index contributed by atoms with van der Waals surface area (Å²) in [6.45, 7) is 7.37. The molecule has 0 N–H and O–H groups in total. The van der Waals surface area contributed by atoms with Gasteiger partial charge >= 0.3 is 5.97 Å². The molecule has 7 heteroatoms. The quantitative estimate of drug-likeness (QED) is 0.572. The highest BCUT2D eigenvalue weighted by Gasteiger charge is 2.46.